The van der Waals surface area contributed by atoms with Gasteiger partial charge in [-0.1, -0.05) is 43.6 Å². The molecule has 3 aromatic rings. The van der Waals surface area contributed by atoms with Gasteiger partial charge in [0, 0.05) is 51.4 Å². The molecular weight excluding hydrogens is 530 g/mol. The maximum absolute atomic E-state index is 13.1. The van der Waals surface area contributed by atoms with Crippen molar-refractivity contribution in [1.82, 2.24) is 25.2 Å². The summed E-state index contributed by atoms with van der Waals surface area (Å²) < 4.78 is 10.9. The first-order valence-corrected chi connectivity index (χ1v) is 13.7. The highest BCUT2D eigenvalue weighted by Crippen LogP contribution is 2.33. The van der Waals surface area contributed by atoms with Gasteiger partial charge in [0.1, 0.15) is 11.1 Å². The highest BCUT2D eigenvalue weighted by atomic mass is 35.5. The molecule has 2 aliphatic rings. The summed E-state index contributed by atoms with van der Waals surface area (Å²) in [6.45, 7) is 10.4. The van der Waals surface area contributed by atoms with Crippen LogP contribution in [-0.2, 0) is 13.1 Å². The van der Waals surface area contributed by atoms with Gasteiger partial charge < -0.3 is 9.47 Å². The van der Waals surface area contributed by atoms with Gasteiger partial charge in [0.2, 0.25) is 12.6 Å². The van der Waals surface area contributed by atoms with Gasteiger partial charge in [0.15, 0.2) is 17.3 Å². The molecular formula is C29H32ClN7O3. The zero-order valence-electron chi connectivity index (χ0n) is 22.6. The Hall–Kier alpha value is -3.91. The number of aromatic nitrogens is 2. The van der Waals surface area contributed by atoms with Crippen molar-refractivity contribution in [1.29, 1.82) is 5.26 Å². The molecule has 5 rings (SSSR count). The molecule has 2 aliphatic heterocycles. The molecule has 1 aromatic heterocycles. The Balaban J connectivity index is 1.14. The molecule has 11 heteroatoms. The van der Waals surface area contributed by atoms with Crippen molar-refractivity contribution in [2.45, 2.75) is 26.9 Å². The topological polar surface area (TPSA) is 107 Å². The number of halogens is 1. The summed E-state index contributed by atoms with van der Waals surface area (Å²) in [5, 5.41) is 11.0. The molecule has 0 unspecified atom stereocenters. The number of hydrogen-bond acceptors (Lipinski definition) is 9. The summed E-state index contributed by atoms with van der Waals surface area (Å²) in [5.74, 6) is 1.85. The van der Waals surface area contributed by atoms with E-state index in [9.17, 15) is 10.1 Å². The van der Waals surface area contributed by atoms with E-state index in [-0.39, 0.29) is 22.7 Å². The van der Waals surface area contributed by atoms with E-state index in [1.54, 1.807) is 5.01 Å². The lowest BCUT2D eigenvalue weighted by atomic mass is 10.1. The second-order valence-corrected chi connectivity index (χ2v) is 10.8. The Bertz CT molecular complexity index is 1390. The van der Waals surface area contributed by atoms with E-state index in [1.807, 2.05) is 50.2 Å². The monoisotopic (exact) mass is 561 g/mol. The molecule has 1 amide bonds. The highest BCUT2D eigenvalue weighted by Gasteiger charge is 2.21. The van der Waals surface area contributed by atoms with Crippen molar-refractivity contribution in [3.05, 3.63) is 76.2 Å². The Labute approximate surface area is 239 Å². The third-order valence-electron chi connectivity index (χ3n) is 6.80. The summed E-state index contributed by atoms with van der Waals surface area (Å²) in [4.78, 5) is 26.1. The average Bonchev–Trinajstić information content (AvgIpc) is 3.42. The number of nitriles is 1. The largest absolute Gasteiger partial charge is 0.454 e. The van der Waals surface area contributed by atoms with Gasteiger partial charge in [-0.25, -0.2) is 4.98 Å². The van der Waals surface area contributed by atoms with Crippen LogP contribution in [0.5, 0.6) is 11.5 Å². The lowest BCUT2D eigenvalue weighted by molar-refractivity contribution is 0.0947. The molecule has 40 heavy (non-hydrogen) atoms. The van der Waals surface area contributed by atoms with Gasteiger partial charge in [0.25, 0.3) is 5.91 Å². The van der Waals surface area contributed by atoms with E-state index in [4.69, 9.17) is 21.1 Å². The summed E-state index contributed by atoms with van der Waals surface area (Å²) >= 11 is 6.30. The maximum atomic E-state index is 13.1. The van der Waals surface area contributed by atoms with Crippen molar-refractivity contribution >= 4 is 23.3 Å². The van der Waals surface area contributed by atoms with Gasteiger partial charge in [0.05, 0.1) is 6.20 Å². The van der Waals surface area contributed by atoms with Crippen molar-refractivity contribution in [2.75, 3.05) is 44.5 Å². The fraction of sp³-hybridized carbons (Fsp3) is 0.379. The van der Waals surface area contributed by atoms with E-state index in [0.29, 0.717) is 24.7 Å². The summed E-state index contributed by atoms with van der Waals surface area (Å²) in [7, 11) is 0. The number of carbonyl (C=O) groups excluding carboxylic acids is 1. The van der Waals surface area contributed by atoms with Crippen molar-refractivity contribution in [2.24, 2.45) is 5.92 Å². The molecule has 0 aliphatic carbocycles. The number of amides is 1. The number of nitrogens with one attached hydrogen (secondary N) is 1. The predicted octanol–water partition coefficient (Wildman–Crippen LogP) is 3.86. The number of hydrogen-bond donors (Lipinski definition) is 1. The zero-order valence-corrected chi connectivity index (χ0v) is 23.4. The van der Waals surface area contributed by atoms with E-state index in [1.165, 1.54) is 11.8 Å². The van der Waals surface area contributed by atoms with E-state index < -0.39 is 0 Å². The summed E-state index contributed by atoms with van der Waals surface area (Å²) in [6, 6.07) is 15.7. The second-order valence-electron chi connectivity index (χ2n) is 10.4. The molecule has 0 radical (unpaired) electrons. The molecule has 3 heterocycles. The molecule has 1 saturated heterocycles. The van der Waals surface area contributed by atoms with Crippen LogP contribution in [0.15, 0.2) is 48.7 Å². The lowest BCUT2D eigenvalue weighted by Gasteiger charge is -2.34. The van der Waals surface area contributed by atoms with Crippen LogP contribution in [0, 0.1) is 17.2 Å². The Morgan fingerprint density at radius 2 is 1.70 bits per heavy atom. The maximum Gasteiger partial charge on any atom is 0.269 e. The van der Waals surface area contributed by atoms with Crippen molar-refractivity contribution in [3.63, 3.8) is 0 Å². The zero-order chi connectivity index (χ0) is 28.1. The van der Waals surface area contributed by atoms with Crippen LogP contribution in [-0.4, -0.2) is 65.2 Å². The minimum Gasteiger partial charge on any atom is -0.454 e. The first kappa shape index (κ1) is 27.6. The van der Waals surface area contributed by atoms with Gasteiger partial charge in [-0.3, -0.25) is 25.0 Å². The molecule has 0 atom stereocenters. The molecule has 0 bridgehead atoms. The SMILES string of the molecule is CC(C)CN(NC(=O)c1ccc(CN2CCN(Cc3ccc4c(c3)OCO4)CC2)cc1)c1nc(C#N)ncc1Cl. The number of piperazine rings is 1. The quantitative estimate of drug-likeness (QED) is 0.390. The third kappa shape index (κ3) is 6.80. The van der Waals surface area contributed by atoms with Gasteiger partial charge in [-0.05, 0) is 41.3 Å². The minimum absolute atomic E-state index is 0.0134. The third-order valence-corrected chi connectivity index (χ3v) is 7.06. The Morgan fingerprint density at radius 1 is 1.05 bits per heavy atom. The van der Waals surface area contributed by atoms with E-state index in [0.717, 1.165) is 56.3 Å². The number of hydrazine groups is 1. The number of carbonyl (C=O) groups is 1. The van der Waals surface area contributed by atoms with Crippen LogP contribution in [0.2, 0.25) is 5.02 Å². The summed E-state index contributed by atoms with van der Waals surface area (Å²) in [5.41, 5.74) is 5.79. The van der Waals surface area contributed by atoms with Crippen molar-refractivity contribution in [3.8, 4) is 17.6 Å². The number of benzene rings is 2. The summed E-state index contributed by atoms with van der Waals surface area (Å²) in [6.07, 6.45) is 1.37. The van der Waals surface area contributed by atoms with Crippen molar-refractivity contribution < 1.29 is 14.3 Å². The van der Waals surface area contributed by atoms with Crippen LogP contribution in [0.3, 0.4) is 0 Å². The Kier molecular flexibility index (Phi) is 8.65. The number of anilines is 1. The van der Waals surface area contributed by atoms with Crippen LogP contribution in [0.25, 0.3) is 0 Å². The van der Waals surface area contributed by atoms with Crippen LogP contribution >= 0.6 is 11.6 Å². The Morgan fingerprint density at radius 3 is 2.38 bits per heavy atom. The fourth-order valence-electron chi connectivity index (χ4n) is 4.76. The average molecular weight is 562 g/mol. The number of fused-ring (bicyclic) bond motifs is 1. The lowest BCUT2D eigenvalue weighted by Crippen LogP contribution is -2.45. The van der Waals surface area contributed by atoms with Crippen LogP contribution in [0.4, 0.5) is 5.82 Å². The molecule has 0 saturated carbocycles. The first-order chi connectivity index (χ1) is 19.4. The van der Waals surface area contributed by atoms with Crippen LogP contribution in [0.1, 0.15) is 41.2 Å². The smallest absolute Gasteiger partial charge is 0.269 e. The van der Waals surface area contributed by atoms with Gasteiger partial charge in [-0.2, -0.15) is 10.2 Å². The van der Waals surface area contributed by atoms with Gasteiger partial charge >= 0.3 is 0 Å². The van der Waals surface area contributed by atoms with E-state index in [2.05, 4.69) is 37.3 Å². The van der Waals surface area contributed by atoms with Gasteiger partial charge in [-0.15, -0.1) is 0 Å². The molecule has 2 aromatic carbocycles. The molecule has 0 spiro atoms. The normalized spacial score (nSPS) is 15.2. The number of rotatable bonds is 9. The predicted molar refractivity (Wildman–Crippen MR) is 151 cm³/mol. The molecule has 208 valence electrons. The van der Waals surface area contributed by atoms with Crippen LogP contribution < -0.4 is 19.9 Å². The molecule has 10 nitrogen and oxygen atoms in total. The fourth-order valence-corrected chi connectivity index (χ4v) is 4.95. The number of ether oxygens (including phenoxy) is 2. The first-order valence-electron chi connectivity index (χ1n) is 13.3. The molecule has 1 N–H and O–H groups in total. The van der Waals surface area contributed by atoms with E-state index >= 15 is 0 Å². The number of nitrogens with zero attached hydrogens (tertiary/aromatic N) is 6. The minimum atomic E-state index is -0.280. The highest BCUT2D eigenvalue weighted by molar-refractivity contribution is 6.32. The molecule has 1 fully saturated rings. The standard InChI is InChI=1S/C29H32ClN7O3/c1-20(2)16-37(28-24(30)15-32-27(14-31)33-28)34-29(38)23-6-3-21(4-7-23)17-35-9-11-36(12-10-35)18-22-5-8-25-26(13-22)40-19-39-25/h3-8,13,15,20H,9-12,16-19H2,1-2H3,(H,34,38). The second kappa shape index (κ2) is 12.5.